The van der Waals surface area contributed by atoms with Crippen LogP contribution in [0.4, 0.5) is 4.39 Å². The Kier molecular flexibility index (Phi) is 5.30. The number of halogens is 1. The highest BCUT2D eigenvalue weighted by atomic mass is 19.1. The molecule has 0 radical (unpaired) electrons. The van der Waals surface area contributed by atoms with Crippen LogP contribution in [0.5, 0.6) is 0 Å². The van der Waals surface area contributed by atoms with Gasteiger partial charge < -0.3 is 5.73 Å². The van der Waals surface area contributed by atoms with Gasteiger partial charge in [-0.2, -0.15) is 0 Å². The fourth-order valence-corrected chi connectivity index (χ4v) is 0.822. The molecule has 0 fully saturated rings. The van der Waals surface area contributed by atoms with E-state index in [1.165, 1.54) is 6.08 Å². The van der Waals surface area contributed by atoms with Crippen molar-refractivity contribution in [3.05, 3.63) is 35.2 Å². The van der Waals surface area contributed by atoms with Crippen molar-refractivity contribution in [2.24, 2.45) is 5.73 Å². The predicted molar refractivity (Wildman–Crippen MR) is 51.4 cm³/mol. The van der Waals surface area contributed by atoms with Crippen molar-refractivity contribution in [2.75, 3.05) is 6.54 Å². The third-order valence-corrected chi connectivity index (χ3v) is 1.53. The minimum Gasteiger partial charge on any atom is -0.326 e. The van der Waals surface area contributed by atoms with E-state index in [4.69, 9.17) is 5.73 Å². The Morgan fingerprint density at radius 2 is 2.00 bits per heavy atom. The van der Waals surface area contributed by atoms with E-state index in [9.17, 15) is 4.39 Å². The Labute approximate surface area is 73.5 Å². The minimum atomic E-state index is -0.240. The number of allylic oxidation sites excluding steroid dienone is 4. The molecule has 0 unspecified atom stereocenters. The van der Waals surface area contributed by atoms with Gasteiger partial charge in [0.2, 0.25) is 0 Å². The van der Waals surface area contributed by atoms with Gasteiger partial charge in [0, 0.05) is 12.1 Å². The molecule has 0 aliphatic heterocycles. The topological polar surface area (TPSA) is 26.0 Å². The van der Waals surface area contributed by atoms with E-state index in [1.807, 2.05) is 20.8 Å². The molecule has 0 amide bonds. The maximum Gasteiger partial charge on any atom is 0.127 e. The van der Waals surface area contributed by atoms with Crippen molar-refractivity contribution in [3.8, 4) is 0 Å². The van der Waals surface area contributed by atoms with Gasteiger partial charge in [0.25, 0.3) is 0 Å². The summed E-state index contributed by atoms with van der Waals surface area (Å²) in [6.45, 7) is 5.80. The fourth-order valence-electron chi connectivity index (χ4n) is 0.822. The molecule has 0 atom stereocenters. The Hall–Kier alpha value is -0.890. The van der Waals surface area contributed by atoms with Crippen molar-refractivity contribution in [3.63, 3.8) is 0 Å². The Bertz CT molecular complexity index is 220. The monoisotopic (exact) mass is 169 g/mol. The molecule has 2 heteroatoms. The van der Waals surface area contributed by atoms with Gasteiger partial charge in [-0.3, -0.25) is 0 Å². The molecular formula is C10H16FN. The van der Waals surface area contributed by atoms with Gasteiger partial charge in [-0.1, -0.05) is 17.7 Å². The zero-order valence-corrected chi connectivity index (χ0v) is 7.89. The molecule has 0 aromatic heterocycles. The highest BCUT2D eigenvalue weighted by molar-refractivity contribution is 5.32. The molecule has 0 saturated carbocycles. The summed E-state index contributed by atoms with van der Waals surface area (Å²) in [6, 6.07) is 0. The average Bonchev–Trinajstić information content (AvgIpc) is 2.01. The molecule has 0 spiro atoms. The summed E-state index contributed by atoms with van der Waals surface area (Å²) in [4.78, 5) is 0. The van der Waals surface area contributed by atoms with Gasteiger partial charge in [0.05, 0.1) is 0 Å². The molecule has 68 valence electrons. The first-order valence-corrected chi connectivity index (χ1v) is 3.98. The van der Waals surface area contributed by atoms with Crippen LogP contribution in [0.25, 0.3) is 0 Å². The summed E-state index contributed by atoms with van der Waals surface area (Å²) in [6.07, 6.45) is 4.86. The van der Waals surface area contributed by atoms with Gasteiger partial charge in [0.15, 0.2) is 0 Å². The molecule has 12 heavy (non-hydrogen) atoms. The molecule has 0 heterocycles. The van der Waals surface area contributed by atoms with Crippen LogP contribution >= 0.6 is 0 Å². The predicted octanol–water partition coefficient (Wildman–Crippen LogP) is 2.71. The van der Waals surface area contributed by atoms with Crippen molar-refractivity contribution in [1.29, 1.82) is 0 Å². The summed E-state index contributed by atoms with van der Waals surface area (Å²) < 4.78 is 13.2. The lowest BCUT2D eigenvalue weighted by atomic mass is 10.1. The standard InChI is InChI=1S/C10H16FN/c1-4-5-6-10(11)9(7-12)8(2)3/h4-6H,7,12H2,1-3H3/b5-4-,10-6+. The maximum atomic E-state index is 13.2. The van der Waals surface area contributed by atoms with E-state index < -0.39 is 0 Å². The largest absolute Gasteiger partial charge is 0.326 e. The number of hydrogen-bond acceptors (Lipinski definition) is 1. The SMILES string of the molecule is C/C=C\C=C(\F)C(CN)=C(C)C. The lowest BCUT2D eigenvalue weighted by Crippen LogP contribution is -2.05. The lowest BCUT2D eigenvalue weighted by molar-refractivity contribution is 0.643. The highest BCUT2D eigenvalue weighted by Crippen LogP contribution is 2.14. The molecule has 0 aromatic rings. The van der Waals surface area contributed by atoms with Crippen LogP contribution in [0, 0.1) is 0 Å². The second kappa shape index (κ2) is 5.72. The first-order valence-electron chi connectivity index (χ1n) is 3.98. The lowest BCUT2D eigenvalue weighted by Gasteiger charge is -2.02. The zero-order valence-electron chi connectivity index (χ0n) is 7.89. The Balaban J connectivity index is 4.65. The molecule has 0 aromatic carbocycles. The van der Waals surface area contributed by atoms with Gasteiger partial charge in [0.1, 0.15) is 5.83 Å². The van der Waals surface area contributed by atoms with Crippen LogP contribution in [0.2, 0.25) is 0 Å². The van der Waals surface area contributed by atoms with Gasteiger partial charge in [-0.25, -0.2) is 4.39 Å². The third kappa shape index (κ3) is 3.49. The van der Waals surface area contributed by atoms with Crippen LogP contribution in [0.1, 0.15) is 20.8 Å². The van der Waals surface area contributed by atoms with Crippen LogP contribution in [0.3, 0.4) is 0 Å². The summed E-state index contributed by atoms with van der Waals surface area (Å²) in [5.74, 6) is -0.240. The Morgan fingerprint density at radius 3 is 2.33 bits per heavy atom. The Morgan fingerprint density at radius 1 is 1.42 bits per heavy atom. The van der Waals surface area contributed by atoms with E-state index in [0.717, 1.165) is 5.57 Å². The quantitative estimate of drug-likeness (QED) is 0.646. The smallest absolute Gasteiger partial charge is 0.127 e. The summed E-state index contributed by atoms with van der Waals surface area (Å²) in [5, 5.41) is 0. The molecule has 1 nitrogen and oxygen atoms in total. The first-order chi connectivity index (χ1) is 5.63. The number of rotatable bonds is 3. The minimum absolute atomic E-state index is 0.240. The van der Waals surface area contributed by atoms with Crippen molar-refractivity contribution in [2.45, 2.75) is 20.8 Å². The normalized spacial score (nSPS) is 12.2. The van der Waals surface area contributed by atoms with Crippen molar-refractivity contribution >= 4 is 0 Å². The van der Waals surface area contributed by atoms with E-state index in [1.54, 1.807) is 12.2 Å². The highest BCUT2D eigenvalue weighted by Gasteiger charge is 2.02. The van der Waals surface area contributed by atoms with Crippen LogP contribution in [-0.2, 0) is 0 Å². The second-order valence-electron chi connectivity index (χ2n) is 2.72. The maximum absolute atomic E-state index is 13.2. The molecule has 0 rings (SSSR count). The van der Waals surface area contributed by atoms with E-state index in [-0.39, 0.29) is 12.4 Å². The van der Waals surface area contributed by atoms with Gasteiger partial charge in [-0.05, 0) is 26.8 Å². The van der Waals surface area contributed by atoms with Crippen LogP contribution < -0.4 is 5.73 Å². The molecular weight excluding hydrogens is 153 g/mol. The van der Waals surface area contributed by atoms with Crippen LogP contribution in [0.15, 0.2) is 35.2 Å². The third-order valence-electron chi connectivity index (χ3n) is 1.53. The summed E-state index contributed by atoms with van der Waals surface area (Å²) in [5.41, 5.74) is 6.90. The van der Waals surface area contributed by atoms with E-state index in [2.05, 4.69) is 0 Å². The van der Waals surface area contributed by atoms with E-state index >= 15 is 0 Å². The second-order valence-corrected chi connectivity index (χ2v) is 2.72. The van der Waals surface area contributed by atoms with Gasteiger partial charge in [-0.15, -0.1) is 0 Å². The van der Waals surface area contributed by atoms with Crippen molar-refractivity contribution < 1.29 is 4.39 Å². The average molecular weight is 169 g/mol. The molecule has 0 saturated heterocycles. The van der Waals surface area contributed by atoms with Crippen molar-refractivity contribution in [1.82, 2.24) is 0 Å². The molecule has 0 aliphatic carbocycles. The number of hydrogen-bond donors (Lipinski definition) is 1. The number of nitrogens with two attached hydrogens (primary N) is 1. The molecule has 0 bridgehead atoms. The zero-order chi connectivity index (χ0) is 9.56. The summed E-state index contributed by atoms with van der Waals surface area (Å²) in [7, 11) is 0. The first kappa shape index (κ1) is 11.1. The summed E-state index contributed by atoms with van der Waals surface area (Å²) >= 11 is 0. The van der Waals surface area contributed by atoms with Crippen LogP contribution in [-0.4, -0.2) is 6.54 Å². The fraction of sp³-hybridized carbons (Fsp3) is 0.400. The van der Waals surface area contributed by atoms with Gasteiger partial charge >= 0.3 is 0 Å². The molecule has 0 aliphatic rings. The molecule has 2 N–H and O–H groups in total. The van der Waals surface area contributed by atoms with E-state index in [0.29, 0.717) is 5.57 Å².